The molecule has 0 atom stereocenters. The van der Waals surface area contributed by atoms with Crippen LogP contribution in [0.2, 0.25) is 0 Å². The van der Waals surface area contributed by atoms with Crippen LogP contribution in [0.25, 0.3) is 11.6 Å². The summed E-state index contributed by atoms with van der Waals surface area (Å²) in [5, 5.41) is 5.71. The van der Waals surface area contributed by atoms with Crippen LogP contribution in [0.5, 0.6) is 0 Å². The van der Waals surface area contributed by atoms with Crippen molar-refractivity contribution in [2.24, 2.45) is 0 Å². The second kappa shape index (κ2) is 8.71. The van der Waals surface area contributed by atoms with E-state index in [1.54, 1.807) is 18.3 Å². The van der Waals surface area contributed by atoms with Crippen LogP contribution in [0.15, 0.2) is 35.2 Å². The number of pyridine rings is 1. The molecule has 1 N–H and O–H groups in total. The van der Waals surface area contributed by atoms with Gasteiger partial charge >= 0.3 is 18.2 Å². The van der Waals surface area contributed by atoms with Gasteiger partial charge < -0.3 is 19.5 Å². The zero-order valence-electron chi connectivity index (χ0n) is 15.8. The summed E-state index contributed by atoms with van der Waals surface area (Å²) >= 11 is 0. The van der Waals surface area contributed by atoms with Gasteiger partial charge in [-0.1, -0.05) is 11.2 Å². The fourth-order valence-electron chi connectivity index (χ4n) is 2.13. The summed E-state index contributed by atoms with van der Waals surface area (Å²) in [6.45, 7) is 0.0956. The van der Waals surface area contributed by atoms with E-state index in [1.807, 2.05) is 19.0 Å². The van der Waals surface area contributed by atoms with Gasteiger partial charge in [-0.25, -0.2) is 19.7 Å². The minimum Gasteiger partial charge on any atom is -0.445 e. The number of carbonyl (C=O) groups excluding carboxylic acids is 1. The van der Waals surface area contributed by atoms with E-state index < -0.39 is 24.0 Å². The Balaban J connectivity index is 1.48. The molecule has 3 aromatic rings. The second-order valence-corrected chi connectivity index (χ2v) is 6.18. The number of ether oxygens (including phenoxy) is 1. The molecule has 0 aliphatic carbocycles. The molecular formula is C17H16F3N7O3. The average molecular weight is 423 g/mol. The number of nitrogens with zero attached hydrogens (tertiary/aromatic N) is 6. The largest absolute Gasteiger partial charge is 0.471 e. The first-order valence-corrected chi connectivity index (χ1v) is 8.47. The Morgan fingerprint density at radius 1 is 1.10 bits per heavy atom. The maximum absolute atomic E-state index is 12.5. The molecule has 1 amide bonds. The topological polar surface area (TPSA) is 119 Å². The Kier molecular flexibility index (Phi) is 6.09. The molecule has 0 saturated heterocycles. The molecule has 3 heterocycles. The molecule has 0 aliphatic rings. The minimum absolute atomic E-state index is 0.0430. The van der Waals surface area contributed by atoms with Gasteiger partial charge in [-0.05, 0) is 6.07 Å². The lowest BCUT2D eigenvalue weighted by atomic mass is 10.3. The van der Waals surface area contributed by atoms with E-state index in [0.717, 1.165) is 11.4 Å². The van der Waals surface area contributed by atoms with Crippen LogP contribution in [0.4, 0.5) is 23.8 Å². The molecule has 0 aromatic carbocycles. The first kappa shape index (κ1) is 21.0. The van der Waals surface area contributed by atoms with Crippen LogP contribution < -0.4 is 10.2 Å². The lowest BCUT2D eigenvalue weighted by Gasteiger charge is -2.11. The van der Waals surface area contributed by atoms with Crippen molar-refractivity contribution in [3.8, 4) is 11.6 Å². The van der Waals surface area contributed by atoms with Crippen LogP contribution in [0, 0.1) is 0 Å². The molecule has 0 saturated carbocycles. The lowest BCUT2D eigenvalue weighted by molar-refractivity contribution is -0.159. The van der Waals surface area contributed by atoms with E-state index in [0.29, 0.717) is 5.56 Å². The summed E-state index contributed by atoms with van der Waals surface area (Å²) in [7, 11) is 3.73. The van der Waals surface area contributed by atoms with Gasteiger partial charge in [-0.15, -0.1) is 0 Å². The summed E-state index contributed by atoms with van der Waals surface area (Å²) in [5.41, 5.74) is 1.22. The van der Waals surface area contributed by atoms with Crippen molar-refractivity contribution >= 4 is 11.9 Å². The Morgan fingerprint density at radius 3 is 2.37 bits per heavy atom. The summed E-state index contributed by atoms with van der Waals surface area (Å²) in [5.74, 6) is -1.24. The van der Waals surface area contributed by atoms with Gasteiger partial charge in [0.1, 0.15) is 12.4 Å². The van der Waals surface area contributed by atoms with Gasteiger partial charge in [0.05, 0.1) is 0 Å². The molecule has 10 nitrogen and oxygen atoms in total. The Morgan fingerprint density at radius 2 is 1.80 bits per heavy atom. The van der Waals surface area contributed by atoms with Crippen molar-refractivity contribution in [2.45, 2.75) is 19.3 Å². The monoisotopic (exact) mass is 423 g/mol. The molecule has 0 unspecified atom stereocenters. The Labute approximate surface area is 168 Å². The molecule has 0 aliphatic heterocycles. The van der Waals surface area contributed by atoms with Crippen LogP contribution >= 0.6 is 0 Å². The highest BCUT2D eigenvalue weighted by molar-refractivity contribution is 5.67. The van der Waals surface area contributed by atoms with Gasteiger partial charge in [-0.2, -0.15) is 18.2 Å². The smallest absolute Gasteiger partial charge is 0.445 e. The van der Waals surface area contributed by atoms with Gasteiger partial charge in [-0.3, -0.25) is 0 Å². The maximum atomic E-state index is 12.5. The Hall–Kier alpha value is -3.77. The van der Waals surface area contributed by atoms with E-state index in [4.69, 9.17) is 4.74 Å². The zero-order chi connectivity index (χ0) is 21.7. The van der Waals surface area contributed by atoms with Gasteiger partial charge in [0.15, 0.2) is 0 Å². The number of anilines is 1. The number of alkyl carbamates (subject to hydrolysis) is 1. The molecular weight excluding hydrogens is 407 g/mol. The molecule has 0 fully saturated rings. The summed E-state index contributed by atoms with van der Waals surface area (Å²) in [4.78, 5) is 28.8. The third kappa shape index (κ3) is 5.40. The highest BCUT2D eigenvalue weighted by atomic mass is 19.4. The van der Waals surface area contributed by atoms with E-state index in [-0.39, 0.29) is 19.0 Å². The van der Waals surface area contributed by atoms with Crippen molar-refractivity contribution in [3.63, 3.8) is 0 Å². The Bertz CT molecular complexity index is 989. The van der Waals surface area contributed by atoms with Crippen molar-refractivity contribution in [1.82, 2.24) is 30.4 Å². The maximum Gasteiger partial charge on any atom is 0.471 e. The fraction of sp³-hybridized carbons (Fsp3) is 0.294. The summed E-state index contributed by atoms with van der Waals surface area (Å²) < 4.78 is 46.7. The lowest BCUT2D eigenvalue weighted by Crippen LogP contribution is -2.23. The van der Waals surface area contributed by atoms with Crippen molar-refractivity contribution in [3.05, 3.63) is 47.7 Å². The fourth-order valence-corrected chi connectivity index (χ4v) is 2.13. The van der Waals surface area contributed by atoms with E-state index in [2.05, 4.69) is 34.9 Å². The standard InChI is InChI=1S/C17H16F3N7O3/c1-27(2)12-4-3-10(5-21-12)9-29-16(28)24-8-11-6-22-13(23-7-11)14-25-15(30-26-14)17(18,19)20/h3-7H,8-9H2,1-2H3,(H,24,28). The SMILES string of the molecule is CN(C)c1ccc(COC(=O)NCc2cnc(-c3noc(C(F)(F)F)n3)nc2)cn1. The molecule has 0 spiro atoms. The number of alkyl halides is 3. The molecule has 3 aromatic heterocycles. The number of hydrogen-bond acceptors (Lipinski definition) is 9. The third-order valence-corrected chi connectivity index (χ3v) is 3.65. The van der Waals surface area contributed by atoms with E-state index in [9.17, 15) is 18.0 Å². The number of carbonyl (C=O) groups is 1. The second-order valence-electron chi connectivity index (χ2n) is 6.18. The summed E-state index contributed by atoms with van der Waals surface area (Å²) in [6, 6.07) is 3.60. The molecule has 30 heavy (non-hydrogen) atoms. The third-order valence-electron chi connectivity index (χ3n) is 3.65. The van der Waals surface area contributed by atoms with Crippen LogP contribution in [0.3, 0.4) is 0 Å². The number of hydrogen-bond donors (Lipinski definition) is 1. The number of rotatable bonds is 6. The molecule has 3 rings (SSSR count). The van der Waals surface area contributed by atoms with E-state index >= 15 is 0 Å². The molecule has 0 radical (unpaired) electrons. The highest BCUT2D eigenvalue weighted by Gasteiger charge is 2.38. The van der Waals surface area contributed by atoms with Crippen molar-refractivity contribution in [2.75, 3.05) is 19.0 Å². The highest BCUT2D eigenvalue weighted by Crippen LogP contribution is 2.28. The van der Waals surface area contributed by atoms with Crippen LogP contribution in [-0.4, -0.2) is 45.3 Å². The van der Waals surface area contributed by atoms with Crippen LogP contribution in [0.1, 0.15) is 17.0 Å². The summed E-state index contributed by atoms with van der Waals surface area (Å²) in [6.07, 6.45) is -1.17. The molecule has 158 valence electrons. The zero-order valence-corrected chi connectivity index (χ0v) is 15.8. The van der Waals surface area contributed by atoms with Gasteiger partial charge in [0.2, 0.25) is 11.6 Å². The number of aromatic nitrogens is 5. The van der Waals surface area contributed by atoms with Crippen molar-refractivity contribution < 1.29 is 27.2 Å². The average Bonchev–Trinajstić information content (AvgIpc) is 3.22. The van der Waals surface area contributed by atoms with Crippen LogP contribution in [-0.2, 0) is 24.1 Å². The quantitative estimate of drug-likeness (QED) is 0.637. The van der Waals surface area contributed by atoms with Gasteiger partial charge in [0.25, 0.3) is 0 Å². The van der Waals surface area contributed by atoms with Crippen molar-refractivity contribution in [1.29, 1.82) is 0 Å². The van der Waals surface area contributed by atoms with E-state index in [1.165, 1.54) is 12.4 Å². The molecule has 0 bridgehead atoms. The first-order valence-electron chi connectivity index (χ1n) is 8.47. The molecule has 13 heteroatoms. The van der Waals surface area contributed by atoms with Gasteiger partial charge in [0, 0.05) is 50.4 Å². The first-order chi connectivity index (χ1) is 14.2. The number of halogens is 3. The predicted octanol–water partition coefficient (Wildman–Crippen LogP) is 2.43. The number of nitrogens with one attached hydrogen (secondary N) is 1. The normalized spacial score (nSPS) is 11.2. The predicted molar refractivity (Wildman–Crippen MR) is 95.9 cm³/mol. The minimum atomic E-state index is -4.75. The number of amides is 1.